The smallest absolute Gasteiger partial charge is 0.407 e. The molecule has 1 saturated carbocycles. The lowest BCUT2D eigenvalue weighted by atomic mass is 9.72. The van der Waals surface area contributed by atoms with Gasteiger partial charge in [-0.25, -0.2) is 13.2 Å². The monoisotopic (exact) mass is 577 g/mol. The van der Waals surface area contributed by atoms with Crippen molar-refractivity contribution in [1.29, 1.82) is 0 Å². The number of hydrogen-bond acceptors (Lipinski definition) is 7. The first-order valence-electron chi connectivity index (χ1n) is 14.8. The fourth-order valence-electron chi connectivity index (χ4n) is 6.56. The zero-order chi connectivity index (χ0) is 29.1. The van der Waals surface area contributed by atoms with Crippen molar-refractivity contribution in [3.8, 4) is 0 Å². The van der Waals surface area contributed by atoms with E-state index in [4.69, 9.17) is 4.74 Å². The van der Waals surface area contributed by atoms with Crippen LogP contribution >= 0.6 is 0 Å². The number of benzene rings is 1. The number of amides is 2. The van der Waals surface area contributed by atoms with Crippen molar-refractivity contribution in [2.24, 2.45) is 11.8 Å². The number of carbonyl (C=O) groups is 2. The number of hydrogen-bond donors (Lipinski definition) is 3. The number of rotatable bonds is 8. The molecule has 0 bridgehead atoms. The summed E-state index contributed by atoms with van der Waals surface area (Å²) < 4.78 is 29.8. The molecule has 1 aliphatic carbocycles. The summed E-state index contributed by atoms with van der Waals surface area (Å²) in [5.74, 6) is 0.982. The van der Waals surface area contributed by atoms with Gasteiger partial charge in [-0.1, -0.05) is 49.6 Å². The zero-order valence-electron chi connectivity index (χ0n) is 24.3. The predicted molar refractivity (Wildman–Crippen MR) is 155 cm³/mol. The Labute approximate surface area is 239 Å². The molecule has 3 aliphatic rings. The Balaban J connectivity index is 1.49. The standard InChI is InChI=1S/C30H47N3O6S/c1-20-27(14-15-40(20,37)38)39-29(36)31-24(16-21-10-6-5-7-11-21)26(34)19-33-18-23-13-9-8-12-22(23)17-25(33)28(35)32-30(2,3)4/h5-7,10-11,20,22-27,34H,8-9,12-19H2,1-4H3,(H,31,36)(H,32,35)/t20-,22+,23-,24+,25?,26-,27-/m1/s1. The summed E-state index contributed by atoms with van der Waals surface area (Å²) in [7, 11) is -3.27. The Bertz CT molecular complexity index is 1120. The Morgan fingerprint density at radius 3 is 2.40 bits per heavy atom. The number of nitrogens with one attached hydrogen (secondary N) is 2. The average Bonchev–Trinajstić information content (AvgIpc) is 3.14. The summed E-state index contributed by atoms with van der Waals surface area (Å²) in [6.07, 6.45) is 3.65. The van der Waals surface area contributed by atoms with E-state index >= 15 is 0 Å². The number of β-amino-alcohol motifs (C(OH)–C–C–N with tert-alkyl or cyclic N) is 1. The minimum atomic E-state index is -3.27. The summed E-state index contributed by atoms with van der Waals surface area (Å²) in [5, 5.41) is 16.8. The van der Waals surface area contributed by atoms with Crippen LogP contribution in [0.15, 0.2) is 30.3 Å². The first-order chi connectivity index (χ1) is 18.8. The Morgan fingerprint density at radius 1 is 1.10 bits per heavy atom. The minimum Gasteiger partial charge on any atom is -0.445 e. The van der Waals surface area contributed by atoms with Gasteiger partial charge in [0.05, 0.1) is 29.2 Å². The topological polar surface area (TPSA) is 125 Å². The Hall–Kier alpha value is -2.17. The van der Waals surface area contributed by atoms with Gasteiger partial charge in [0.1, 0.15) is 6.10 Å². The molecular weight excluding hydrogens is 530 g/mol. The molecule has 10 heteroatoms. The van der Waals surface area contributed by atoms with Crippen molar-refractivity contribution in [2.75, 3.05) is 18.8 Å². The van der Waals surface area contributed by atoms with E-state index < -0.39 is 39.4 Å². The largest absolute Gasteiger partial charge is 0.445 e. The number of sulfone groups is 1. The number of nitrogens with zero attached hydrogens (tertiary/aromatic N) is 1. The molecule has 2 heterocycles. The van der Waals surface area contributed by atoms with Crippen LogP contribution in [-0.2, 0) is 25.8 Å². The van der Waals surface area contributed by atoms with E-state index in [1.807, 2.05) is 51.1 Å². The molecule has 1 aromatic rings. The van der Waals surface area contributed by atoms with E-state index in [1.165, 1.54) is 12.8 Å². The van der Waals surface area contributed by atoms with Gasteiger partial charge in [0.15, 0.2) is 9.84 Å². The molecule has 40 heavy (non-hydrogen) atoms. The van der Waals surface area contributed by atoms with Crippen LogP contribution < -0.4 is 10.6 Å². The molecule has 2 amide bonds. The summed E-state index contributed by atoms with van der Waals surface area (Å²) in [4.78, 5) is 28.5. The van der Waals surface area contributed by atoms with Gasteiger partial charge in [-0.3, -0.25) is 9.69 Å². The molecule has 1 unspecified atom stereocenters. The van der Waals surface area contributed by atoms with Gasteiger partial charge in [-0.2, -0.15) is 0 Å². The van der Waals surface area contributed by atoms with Crippen LogP contribution in [0.4, 0.5) is 4.79 Å². The van der Waals surface area contributed by atoms with Crippen LogP contribution in [0.1, 0.15) is 71.8 Å². The van der Waals surface area contributed by atoms with Crippen molar-refractivity contribution in [3.63, 3.8) is 0 Å². The quantitative estimate of drug-likeness (QED) is 0.434. The minimum absolute atomic E-state index is 0.00266. The fraction of sp³-hybridized carbons (Fsp3) is 0.733. The number of ether oxygens (including phenoxy) is 1. The van der Waals surface area contributed by atoms with Crippen molar-refractivity contribution in [1.82, 2.24) is 15.5 Å². The highest BCUT2D eigenvalue weighted by Crippen LogP contribution is 2.39. The maximum absolute atomic E-state index is 13.4. The summed E-state index contributed by atoms with van der Waals surface area (Å²) in [6, 6.07) is 8.56. The number of aliphatic hydroxyl groups is 1. The second kappa shape index (κ2) is 12.8. The molecule has 224 valence electrons. The molecule has 0 radical (unpaired) electrons. The van der Waals surface area contributed by atoms with Gasteiger partial charge in [0.2, 0.25) is 5.91 Å². The lowest BCUT2D eigenvalue weighted by Gasteiger charge is -2.47. The number of carbonyl (C=O) groups excluding carboxylic acids is 2. The van der Waals surface area contributed by atoms with E-state index in [9.17, 15) is 23.1 Å². The number of aliphatic hydroxyl groups excluding tert-OH is 1. The van der Waals surface area contributed by atoms with Gasteiger partial charge in [-0.15, -0.1) is 0 Å². The average molecular weight is 578 g/mol. The molecule has 7 atom stereocenters. The molecule has 9 nitrogen and oxygen atoms in total. The highest BCUT2D eigenvalue weighted by atomic mass is 32.2. The number of likely N-dealkylation sites (tertiary alicyclic amines) is 1. The van der Waals surface area contributed by atoms with Crippen molar-refractivity contribution in [3.05, 3.63) is 35.9 Å². The number of fused-ring (bicyclic) bond motifs is 1. The Kier molecular flexibility index (Phi) is 9.83. The van der Waals surface area contributed by atoms with Crippen LogP contribution in [0.2, 0.25) is 0 Å². The third-order valence-corrected chi connectivity index (χ3v) is 11.1. The SMILES string of the molecule is C[C@@H]1[C@H](OC(=O)N[C@@H](Cc2ccccc2)[C@H](O)CN2C[C@H]3CCCC[C@H]3CC2C(=O)NC(C)(C)C)CCS1(=O)=O. The van der Waals surface area contributed by atoms with Gasteiger partial charge < -0.3 is 20.5 Å². The third kappa shape index (κ3) is 7.97. The third-order valence-electron chi connectivity index (χ3n) is 8.83. The van der Waals surface area contributed by atoms with Crippen molar-refractivity contribution in [2.45, 2.75) is 108 Å². The summed E-state index contributed by atoms with van der Waals surface area (Å²) in [6.45, 7) is 8.45. The highest BCUT2D eigenvalue weighted by Gasteiger charge is 2.42. The maximum Gasteiger partial charge on any atom is 0.407 e. The van der Waals surface area contributed by atoms with Gasteiger partial charge >= 0.3 is 6.09 Å². The van der Waals surface area contributed by atoms with E-state index in [0.29, 0.717) is 18.3 Å². The molecule has 1 aromatic carbocycles. The van der Waals surface area contributed by atoms with Gasteiger partial charge in [-0.05, 0) is 70.8 Å². The van der Waals surface area contributed by atoms with Crippen molar-refractivity contribution < 1.29 is 27.9 Å². The van der Waals surface area contributed by atoms with Crippen LogP contribution in [0.3, 0.4) is 0 Å². The first kappa shape index (κ1) is 30.8. The molecule has 0 aromatic heterocycles. The molecule has 4 rings (SSSR count). The highest BCUT2D eigenvalue weighted by molar-refractivity contribution is 7.92. The number of alkyl carbamates (subject to hydrolysis) is 1. The summed E-state index contributed by atoms with van der Waals surface area (Å²) >= 11 is 0. The molecule has 0 spiro atoms. The maximum atomic E-state index is 13.4. The molecule has 3 fully saturated rings. The summed E-state index contributed by atoms with van der Waals surface area (Å²) in [5.41, 5.74) is 0.577. The zero-order valence-corrected chi connectivity index (χ0v) is 25.2. The number of piperidine rings is 1. The lowest BCUT2D eigenvalue weighted by molar-refractivity contribution is -0.132. The van der Waals surface area contributed by atoms with E-state index in [-0.39, 0.29) is 36.2 Å². The second-order valence-electron chi connectivity index (χ2n) is 13.1. The van der Waals surface area contributed by atoms with E-state index in [1.54, 1.807) is 6.92 Å². The van der Waals surface area contributed by atoms with Crippen LogP contribution in [0, 0.1) is 11.8 Å². The molecular formula is C30H47N3O6S. The first-order valence-corrected chi connectivity index (χ1v) is 16.5. The fourth-order valence-corrected chi connectivity index (χ4v) is 8.14. The van der Waals surface area contributed by atoms with Gasteiger partial charge in [0.25, 0.3) is 0 Å². The van der Waals surface area contributed by atoms with Crippen LogP contribution in [-0.4, -0.2) is 84.3 Å². The lowest BCUT2D eigenvalue weighted by Crippen LogP contribution is -2.60. The predicted octanol–water partition coefficient (Wildman–Crippen LogP) is 3.06. The van der Waals surface area contributed by atoms with E-state index in [0.717, 1.165) is 31.4 Å². The van der Waals surface area contributed by atoms with E-state index in [2.05, 4.69) is 15.5 Å². The van der Waals surface area contributed by atoms with Gasteiger partial charge in [0, 0.05) is 18.6 Å². The van der Waals surface area contributed by atoms with Crippen LogP contribution in [0.5, 0.6) is 0 Å². The molecule has 3 N–H and O–H groups in total. The van der Waals surface area contributed by atoms with Crippen molar-refractivity contribution >= 4 is 21.8 Å². The second-order valence-corrected chi connectivity index (χ2v) is 15.5. The molecule has 2 saturated heterocycles. The van der Waals surface area contributed by atoms with Crippen LogP contribution in [0.25, 0.3) is 0 Å². The molecule has 2 aliphatic heterocycles. The normalized spacial score (nSPS) is 30.1. The Morgan fingerprint density at radius 2 is 1.77 bits per heavy atom.